The third kappa shape index (κ3) is 2.65. The highest BCUT2D eigenvalue weighted by atomic mass is 32.2. The van der Waals surface area contributed by atoms with Crippen molar-refractivity contribution in [2.24, 2.45) is 0 Å². The summed E-state index contributed by atoms with van der Waals surface area (Å²) in [6.07, 6.45) is 3.22. The Bertz CT molecular complexity index is 570. The molecule has 0 spiro atoms. The molecule has 0 bridgehead atoms. The molecule has 0 saturated carbocycles. The van der Waals surface area contributed by atoms with Gasteiger partial charge in [0, 0.05) is 30.1 Å². The van der Waals surface area contributed by atoms with Gasteiger partial charge in [-0.3, -0.25) is 4.90 Å². The lowest BCUT2D eigenvalue weighted by molar-refractivity contribution is 0.309. The van der Waals surface area contributed by atoms with Crippen LogP contribution in [0.2, 0.25) is 0 Å². The Balaban J connectivity index is 1.77. The third-order valence-corrected chi connectivity index (χ3v) is 6.87. The summed E-state index contributed by atoms with van der Waals surface area (Å²) in [6, 6.07) is 2.18. The molecule has 20 heavy (non-hydrogen) atoms. The van der Waals surface area contributed by atoms with E-state index in [1.807, 2.05) is 12.4 Å². The number of rotatable bonds is 5. The zero-order valence-electron chi connectivity index (χ0n) is 11.6. The average Bonchev–Trinajstić information content (AvgIpc) is 3.07. The summed E-state index contributed by atoms with van der Waals surface area (Å²) in [5.41, 5.74) is 0. The van der Waals surface area contributed by atoms with Gasteiger partial charge in [-0.05, 0) is 44.3 Å². The Morgan fingerprint density at radius 1 is 1.40 bits per heavy atom. The standard InChI is InChI=1S/C13H21N3O2S2/c1-14-9-12-13(5-8-19-12)20(17,18)15-10-4-7-16-6-2-3-11(10)16/h5,8,10-11,14-15H,2-4,6-7,9H2,1H3. The number of thiophene rings is 1. The Hall–Kier alpha value is -0.470. The number of hydrogen-bond donors (Lipinski definition) is 2. The maximum Gasteiger partial charge on any atom is 0.242 e. The molecule has 2 fully saturated rings. The second kappa shape index (κ2) is 5.73. The molecular formula is C13H21N3O2S2. The van der Waals surface area contributed by atoms with Crippen LogP contribution in [0.1, 0.15) is 24.1 Å². The Morgan fingerprint density at radius 2 is 2.25 bits per heavy atom. The van der Waals surface area contributed by atoms with Crippen molar-refractivity contribution in [2.45, 2.75) is 42.8 Å². The summed E-state index contributed by atoms with van der Waals surface area (Å²) in [5.74, 6) is 0. The minimum atomic E-state index is -3.40. The Kier molecular flexibility index (Phi) is 4.14. The normalized spacial score (nSPS) is 27.1. The third-order valence-electron chi connectivity index (χ3n) is 4.24. The van der Waals surface area contributed by atoms with E-state index in [-0.39, 0.29) is 6.04 Å². The van der Waals surface area contributed by atoms with Gasteiger partial charge < -0.3 is 5.32 Å². The molecule has 3 rings (SSSR count). The molecule has 3 heterocycles. The average molecular weight is 315 g/mol. The first-order valence-corrected chi connectivity index (χ1v) is 9.45. The molecule has 0 radical (unpaired) electrons. The van der Waals surface area contributed by atoms with Crippen LogP contribution >= 0.6 is 11.3 Å². The fourth-order valence-corrected chi connectivity index (χ4v) is 6.10. The van der Waals surface area contributed by atoms with Gasteiger partial charge in [-0.2, -0.15) is 0 Å². The fourth-order valence-electron chi connectivity index (χ4n) is 3.34. The number of nitrogens with zero attached hydrogens (tertiary/aromatic N) is 1. The van der Waals surface area contributed by atoms with Crippen LogP contribution in [0, 0.1) is 0 Å². The molecule has 2 saturated heterocycles. The van der Waals surface area contributed by atoms with E-state index in [1.54, 1.807) is 6.07 Å². The van der Waals surface area contributed by atoms with E-state index in [1.165, 1.54) is 17.8 Å². The highest BCUT2D eigenvalue weighted by molar-refractivity contribution is 7.89. The first-order valence-electron chi connectivity index (χ1n) is 7.09. The van der Waals surface area contributed by atoms with Crippen LogP contribution in [0.15, 0.2) is 16.3 Å². The van der Waals surface area contributed by atoms with E-state index in [0.717, 1.165) is 30.8 Å². The largest absolute Gasteiger partial charge is 0.315 e. The van der Waals surface area contributed by atoms with Gasteiger partial charge in [0.15, 0.2) is 0 Å². The van der Waals surface area contributed by atoms with Crippen LogP contribution in [0.3, 0.4) is 0 Å². The number of fused-ring (bicyclic) bond motifs is 1. The van der Waals surface area contributed by atoms with E-state index >= 15 is 0 Å². The molecule has 0 aromatic carbocycles. The van der Waals surface area contributed by atoms with Gasteiger partial charge in [0.2, 0.25) is 10.0 Å². The lowest BCUT2D eigenvalue weighted by Crippen LogP contribution is -2.42. The molecule has 2 unspecified atom stereocenters. The Labute approximate surface area is 124 Å². The van der Waals surface area contributed by atoms with Gasteiger partial charge in [-0.15, -0.1) is 11.3 Å². The first-order chi connectivity index (χ1) is 9.62. The highest BCUT2D eigenvalue weighted by Crippen LogP contribution is 2.30. The van der Waals surface area contributed by atoms with E-state index < -0.39 is 10.0 Å². The molecule has 2 N–H and O–H groups in total. The van der Waals surface area contributed by atoms with E-state index in [0.29, 0.717) is 17.5 Å². The van der Waals surface area contributed by atoms with Crippen LogP contribution < -0.4 is 10.0 Å². The van der Waals surface area contributed by atoms with Gasteiger partial charge in [0.1, 0.15) is 0 Å². The van der Waals surface area contributed by atoms with Crippen molar-refractivity contribution in [2.75, 3.05) is 20.1 Å². The lowest BCUT2D eigenvalue weighted by Gasteiger charge is -2.21. The minimum absolute atomic E-state index is 0.0739. The van der Waals surface area contributed by atoms with Crippen molar-refractivity contribution in [1.29, 1.82) is 0 Å². The molecule has 1 aromatic rings. The summed E-state index contributed by atoms with van der Waals surface area (Å²) in [5, 5.41) is 4.87. The molecule has 7 heteroatoms. The van der Waals surface area contributed by atoms with Crippen LogP contribution in [0.4, 0.5) is 0 Å². The number of hydrogen-bond acceptors (Lipinski definition) is 5. The van der Waals surface area contributed by atoms with Crippen molar-refractivity contribution in [1.82, 2.24) is 14.9 Å². The van der Waals surface area contributed by atoms with Crippen molar-refractivity contribution in [3.63, 3.8) is 0 Å². The molecule has 1 aromatic heterocycles. The number of sulfonamides is 1. The van der Waals surface area contributed by atoms with Crippen molar-refractivity contribution in [3.8, 4) is 0 Å². The van der Waals surface area contributed by atoms with Gasteiger partial charge in [0.25, 0.3) is 0 Å². The molecule has 2 aliphatic rings. The van der Waals surface area contributed by atoms with Gasteiger partial charge in [-0.1, -0.05) is 0 Å². The molecule has 2 atom stereocenters. The van der Waals surface area contributed by atoms with E-state index in [4.69, 9.17) is 0 Å². The summed E-state index contributed by atoms with van der Waals surface area (Å²) in [4.78, 5) is 3.73. The summed E-state index contributed by atoms with van der Waals surface area (Å²) >= 11 is 1.49. The van der Waals surface area contributed by atoms with Crippen molar-refractivity contribution >= 4 is 21.4 Å². The van der Waals surface area contributed by atoms with Crippen molar-refractivity contribution < 1.29 is 8.42 Å². The quantitative estimate of drug-likeness (QED) is 0.850. The zero-order valence-corrected chi connectivity index (χ0v) is 13.3. The molecule has 5 nitrogen and oxygen atoms in total. The smallest absolute Gasteiger partial charge is 0.242 e. The zero-order chi connectivity index (χ0) is 14.2. The van der Waals surface area contributed by atoms with Crippen LogP contribution in [0.25, 0.3) is 0 Å². The van der Waals surface area contributed by atoms with Crippen LogP contribution in [0.5, 0.6) is 0 Å². The predicted octanol–water partition coefficient (Wildman–Crippen LogP) is 0.982. The maximum absolute atomic E-state index is 12.6. The van der Waals surface area contributed by atoms with Gasteiger partial charge >= 0.3 is 0 Å². The number of nitrogens with one attached hydrogen (secondary N) is 2. The Morgan fingerprint density at radius 3 is 3.05 bits per heavy atom. The maximum atomic E-state index is 12.6. The first kappa shape index (κ1) is 14.5. The van der Waals surface area contributed by atoms with E-state index in [9.17, 15) is 8.42 Å². The summed E-state index contributed by atoms with van der Waals surface area (Å²) in [6.45, 7) is 2.73. The topological polar surface area (TPSA) is 61.4 Å². The second-order valence-corrected chi connectivity index (χ2v) is 8.18. The molecule has 112 valence electrons. The minimum Gasteiger partial charge on any atom is -0.315 e. The van der Waals surface area contributed by atoms with Gasteiger partial charge in [-0.25, -0.2) is 13.1 Å². The van der Waals surface area contributed by atoms with Crippen molar-refractivity contribution in [3.05, 3.63) is 16.3 Å². The molecule has 0 amide bonds. The summed E-state index contributed by atoms with van der Waals surface area (Å²) in [7, 11) is -1.57. The van der Waals surface area contributed by atoms with Crippen LogP contribution in [-0.4, -0.2) is 45.5 Å². The van der Waals surface area contributed by atoms with Gasteiger partial charge in [0.05, 0.1) is 4.90 Å². The molecule has 2 aliphatic heterocycles. The SMILES string of the molecule is CNCc1sccc1S(=O)(=O)NC1CCN2CCCC12. The molecular weight excluding hydrogens is 294 g/mol. The second-order valence-electron chi connectivity index (χ2n) is 5.50. The predicted molar refractivity (Wildman–Crippen MR) is 80.4 cm³/mol. The monoisotopic (exact) mass is 315 g/mol. The molecule has 0 aliphatic carbocycles. The highest BCUT2D eigenvalue weighted by Gasteiger charge is 2.39. The van der Waals surface area contributed by atoms with Crippen LogP contribution in [-0.2, 0) is 16.6 Å². The fraction of sp³-hybridized carbons (Fsp3) is 0.692. The summed E-state index contributed by atoms with van der Waals surface area (Å²) < 4.78 is 28.1. The van der Waals surface area contributed by atoms with E-state index in [2.05, 4.69) is 14.9 Å². The lowest BCUT2D eigenvalue weighted by atomic mass is 10.1.